The molecule has 1 saturated heterocycles. The summed E-state index contributed by atoms with van der Waals surface area (Å²) in [5, 5.41) is 0. The van der Waals surface area contributed by atoms with Crippen LogP contribution in [0.2, 0.25) is 0 Å². The van der Waals surface area contributed by atoms with Crippen LogP contribution in [0.15, 0.2) is 18.2 Å². The number of alkyl halides is 1. The van der Waals surface area contributed by atoms with Crippen molar-refractivity contribution in [2.45, 2.75) is 30.5 Å². The molecule has 1 aromatic rings. The van der Waals surface area contributed by atoms with E-state index in [4.69, 9.17) is 4.74 Å². The summed E-state index contributed by atoms with van der Waals surface area (Å²) in [6.07, 6.45) is 4.83. The Morgan fingerprint density at radius 1 is 1.28 bits per heavy atom. The molecule has 3 rings (SSSR count). The Morgan fingerprint density at radius 2 is 2.11 bits per heavy atom. The average Bonchev–Trinajstić information content (AvgIpc) is 2.85. The molecular formula is C15H20BrNO. The Labute approximate surface area is 117 Å². The minimum atomic E-state index is 0.742. The maximum absolute atomic E-state index is 5.54. The third-order valence-electron chi connectivity index (χ3n) is 3.99. The fourth-order valence-electron chi connectivity index (χ4n) is 2.81. The van der Waals surface area contributed by atoms with Gasteiger partial charge in [-0.1, -0.05) is 28.1 Å². The Bertz CT molecular complexity index is 413. The number of likely N-dealkylation sites (tertiary alicyclic amines) is 1. The molecule has 3 heteroatoms. The molecule has 0 aromatic heterocycles. The molecule has 18 heavy (non-hydrogen) atoms. The molecule has 0 unspecified atom stereocenters. The number of nitrogens with zero attached hydrogens (tertiary/aromatic N) is 1. The lowest BCUT2D eigenvalue weighted by atomic mass is 10.1. The third kappa shape index (κ3) is 2.89. The van der Waals surface area contributed by atoms with Crippen LogP contribution in [-0.2, 0) is 12.8 Å². The third-order valence-corrected chi connectivity index (χ3v) is 4.90. The predicted molar refractivity (Wildman–Crippen MR) is 77.7 cm³/mol. The van der Waals surface area contributed by atoms with Crippen LogP contribution >= 0.6 is 15.9 Å². The second-order valence-electron chi connectivity index (χ2n) is 5.31. The smallest absolute Gasteiger partial charge is 0.122 e. The Balaban J connectivity index is 1.54. The molecule has 1 aromatic carbocycles. The molecule has 2 heterocycles. The zero-order valence-electron chi connectivity index (χ0n) is 10.7. The van der Waals surface area contributed by atoms with Gasteiger partial charge in [-0.15, -0.1) is 0 Å². The maximum Gasteiger partial charge on any atom is 0.122 e. The van der Waals surface area contributed by atoms with Crippen LogP contribution in [0.4, 0.5) is 0 Å². The van der Waals surface area contributed by atoms with Crippen LogP contribution in [0, 0.1) is 0 Å². The van der Waals surface area contributed by atoms with Gasteiger partial charge in [-0.3, -0.25) is 0 Å². The molecule has 0 radical (unpaired) electrons. The van der Waals surface area contributed by atoms with Crippen molar-refractivity contribution in [3.63, 3.8) is 0 Å². The standard InChI is InChI=1S/C15H20BrNO/c16-14-4-8-17(9-5-14)7-3-12-1-2-15-13(11-12)6-10-18-15/h1-2,11,14H,3-10H2. The zero-order valence-corrected chi connectivity index (χ0v) is 12.3. The molecule has 0 aliphatic carbocycles. The first-order chi connectivity index (χ1) is 8.81. The van der Waals surface area contributed by atoms with Crippen LogP contribution in [-0.4, -0.2) is 36.0 Å². The SMILES string of the molecule is BrC1CCN(CCc2ccc3c(c2)CCO3)CC1. The number of fused-ring (bicyclic) bond motifs is 1. The largest absolute Gasteiger partial charge is 0.493 e. The highest BCUT2D eigenvalue weighted by atomic mass is 79.9. The van der Waals surface area contributed by atoms with Gasteiger partial charge in [-0.05, 0) is 49.5 Å². The maximum atomic E-state index is 5.54. The van der Waals surface area contributed by atoms with Crippen LogP contribution in [0.5, 0.6) is 5.75 Å². The van der Waals surface area contributed by atoms with E-state index in [2.05, 4.69) is 39.0 Å². The van der Waals surface area contributed by atoms with E-state index in [1.165, 1.54) is 50.0 Å². The average molecular weight is 310 g/mol. The van der Waals surface area contributed by atoms with Crippen LogP contribution in [0.3, 0.4) is 0 Å². The van der Waals surface area contributed by atoms with Crippen molar-refractivity contribution >= 4 is 15.9 Å². The van der Waals surface area contributed by atoms with Crippen LogP contribution in [0.25, 0.3) is 0 Å². The monoisotopic (exact) mass is 309 g/mol. The number of hydrogen-bond acceptors (Lipinski definition) is 2. The van der Waals surface area contributed by atoms with Gasteiger partial charge < -0.3 is 9.64 Å². The van der Waals surface area contributed by atoms with Crippen LogP contribution in [0.1, 0.15) is 24.0 Å². The molecule has 2 aliphatic heterocycles. The van der Waals surface area contributed by atoms with Gasteiger partial charge in [-0.25, -0.2) is 0 Å². The normalized spacial score (nSPS) is 20.7. The van der Waals surface area contributed by atoms with Crippen molar-refractivity contribution in [2.75, 3.05) is 26.2 Å². The number of piperidine rings is 1. The Hall–Kier alpha value is -0.540. The van der Waals surface area contributed by atoms with Gasteiger partial charge >= 0.3 is 0 Å². The lowest BCUT2D eigenvalue weighted by molar-refractivity contribution is 0.237. The van der Waals surface area contributed by atoms with E-state index in [0.29, 0.717) is 0 Å². The number of halogens is 1. The first-order valence-corrected chi connectivity index (χ1v) is 7.84. The van der Waals surface area contributed by atoms with Crippen LogP contribution < -0.4 is 4.74 Å². The lowest BCUT2D eigenvalue weighted by Crippen LogP contribution is -2.35. The molecule has 2 aliphatic rings. The second kappa shape index (κ2) is 5.62. The summed E-state index contributed by atoms with van der Waals surface area (Å²) in [7, 11) is 0. The van der Waals surface area contributed by atoms with E-state index in [9.17, 15) is 0 Å². The van der Waals surface area contributed by atoms with E-state index in [-0.39, 0.29) is 0 Å². The summed E-state index contributed by atoms with van der Waals surface area (Å²) < 4.78 is 5.54. The quantitative estimate of drug-likeness (QED) is 0.796. The first kappa shape index (κ1) is 12.5. The minimum Gasteiger partial charge on any atom is -0.493 e. The molecular weight excluding hydrogens is 290 g/mol. The number of ether oxygens (including phenoxy) is 1. The minimum absolute atomic E-state index is 0.742. The van der Waals surface area contributed by atoms with Gasteiger partial charge in [0.25, 0.3) is 0 Å². The van der Waals surface area contributed by atoms with E-state index in [1.54, 1.807) is 0 Å². The van der Waals surface area contributed by atoms with Gasteiger partial charge in [0, 0.05) is 17.8 Å². The van der Waals surface area contributed by atoms with E-state index in [0.717, 1.165) is 23.6 Å². The first-order valence-electron chi connectivity index (χ1n) is 6.92. The van der Waals surface area contributed by atoms with Crippen molar-refractivity contribution in [1.82, 2.24) is 4.90 Å². The van der Waals surface area contributed by atoms with Crippen molar-refractivity contribution in [3.8, 4) is 5.75 Å². The highest BCUT2D eigenvalue weighted by Crippen LogP contribution is 2.26. The molecule has 0 spiro atoms. The summed E-state index contributed by atoms with van der Waals surface area (Å²) in [6.45, 7) is 4.53. The van der Waals surface area contributed by atoms with Crippen molar-refractivity contribution in [2.24, 2.45) is 0 Å². The van der Waals surface area contributed by atoms with Crippen molar-refractivity contribution < 1.29 is 4.74 Å². The zero-order chi connectivity index (χ0) is 12.4. The van der Waals surface area contributed by atoms with E-state index < -0.39 is 0 Å². The summed E-state index contributed by atoms with van der Waals surface area (Å²) in [6, 6.07) is 6.70. The molecule has 1 fully saturated rings. The summed E-state index contributed by atoms with van der Waals surface area (Å²) in [5.74, 6) is 1.10. The molecule has 0 N–H and O–H groups in total. The van der Waals surface area contributed by atoms with Crippen molar-refractivity contribution in [1.29, 1.82) is 0 Å². The van der Waals surface area contributed by atoms with E-state index >= 15 is 0 Å². The molecule has 0 bridgehead atoms. The topological polar surface area (TPSA) is 12.5 Å². The summed E-state index contributed by atoms with van der Waals surface area (Å²) in [4.78, 5) is 3.33. The molecule has 0 atom stereocenters. The molecule has 0 amide bonds. The van der Waals surface area contributed by atoms with Gasteiger partial charge in [0.2, 0.25) is 0 Å². The highest BCUT2D eigenvalue weighted by Gasteiger charge is 2.17. The highest BCUT2D eigenvalue weighted by molar-refractivity contribution is 9.09. The fraction of sp³-hybridized carbons (Fsp3) is 0.600. The predicted octanol–water partition coefficient (Wildman–Crippen LogP) is 3.02. The van der Waals surface area contributed by atoms with Gasteiger partial charge in [-0.2, -0.15) is 0 Å². The van der Waals surface area contributed by atoms with Gasteiger partial charge in [0.1, 0.15) is 5.75 Å². The Kier molecular flexibility index (Phi) is 3.90. The van der Waals surface area contributed by atoms with Gasteiger partial charge in [0.05, 0.1) is 6.61 Å². The number of hydrogen-bond donors (Lipinski definition) is 0. The van der Waals surface area contributed by atoms with Gasteiger partial charge in [0.15, 0.2) is 0 Å². The lowest BCUT2D eigenvalue weighted by Gasteiger charge is -2.29. The summed E-state index contributed by atoms with van der Waals surface area (Å²) >= 11 is 3.70. The summed E-state index contributed by atoms with van der Waals surface area (Å²) in [5.41, 5.74) is 2.85. The van der Waals surface area contributed by atoms with E-state index in [1.807, 2.05) is 0 Å². The molecule has 2 nitrogen and oxygen atoms in total. The second-order valence-corrected chi connectivity index (χ2v) is 6.60. The molecule has 0 saturated carbocycles. The molecule has 98 valence electrons. The fourth-order valence-corrected chi connectivity index (χ4v) is 3.22. The van der Waals surface area contributed by atoms with Crippen molar-refractivity contribution in [3.05, 3.63) is 29.3 Å². The number of benzene rings is 1. The number of rotatable bonds is 3. The Morgan fingerprint density at radius 3 is 2.94 bits per heavy atom.